The molecule has 0 unspecified atom stereocenters. The molecule has 0 saturated carbocycles. The Morgan fingerprint density at radius 1 is 1.22 bits per heavy atom. The van der Waals surface area contributed by atoms with Gasteiger partial charge in [-0.2, -0.15) is 0 Å². The second-order valence-corrected chi connectivity index (χ2v) is 4.31. The van der Waals surface area contributed by atoms with Crippen molar-refractivity contribution in [3.63, 3.8) is 0 Å². The van der Waals surface area contributed by atoms with Crippen LogP contribution in [-0.2, 0) is 16.0 Å². The number of esters is 1. The average molecular weight is 249 g/mol. The summed E-state index contributed by atoms with van der Waals surface area (Å²) in [6.45, 7) is 5.98. The fraction of sp³-hybridized carbons (Fsp3) is 0.429. The van der Waals surface area contributed by atoms with Crippen LogP contribution in [0.2, 0.25) is 0 Å². The summed E-state index contributed by atoms with van der Waals surface area (Å²) >= 11 is 0. The second-order valence-electron chi connectivity index (χ2n) is 4.31. The van der Waals surface area contributed by atoms with Crippen LogP contribution in [0, 0.1) is 0 Å². The van der Waals surface area contributed by atoms with Gasteiger partial charge in [-0.25, -0.2) is 0 Å². The lowest BCUT2D eigenvalue weighted by Gasteiger charge is -2.08. The van der Waals surface area contributed by atoms with Crippen molar-refractivity contribution in [1.82, 2.24) is 5.32 Å². The first-order valence-corrected chi connectivity index (χ1v) is 6.08. The molecule has 0 radical (unpaired) electrons. The van der Waals surface area contributed by atoms with Crippen molar-refractivity contribution in [3.8, 4) is 0 Å². The Balaban J connectivity index is 2.62. The zero-order chi connectivity index (χ0) is 13.5. The van der Waals surface area contributed by atoms with Crippen molar-refractivity contribution < 1.29 is 14.3 Å². The number of nitrogens with one attached hydrogen (secondary N) is 1. The smallest absolute Gasteiger partial charge is 0.310 e. The van der Waals surface area contributed by atoms with Gasteiger partial charge < -0.3 is 10.1 Å². The predicted octanol–water partition coefficient (Wildman–Crippen LogP) is 1.93. The maximum absolute atomic E-state index is 11.7. The van der Waals surface area contributed by atoms with Gasteiger partial charge in [0.15, 0.2) is 0 Å². The highest BCUT2D eigenvalue weighted by Crippen LogP contribution is 2.06. The number of benzene rings is 1. The van der Waals surface area contributed by atoms with Gasteiger partial charge in [0, 0.05) is 11.6 Å². The summed E-state index contributed by atoms with van der Waals surface area (Å²) in [5.41, 5.74) is 1.44. The van der Waals surface area contributed by atoms with Gasteiger partial charge in [-0.3, -0.25) is 9.59 Å². The molecule has 0 bridgehead atoms. The number of rotatable bonds is 5. The lowest BCUT2D eigenvalue weighted by atomic mass is 10.1. The molecule has 1 N–H and O–H groups in total. The fourth-order valence-corrected chi connectivity index (χ4v) is 1.50. The highest BCUT2D eigenvalue weighted by molar-refractivity contribution is 5.94. The van der Waals surface area contributed by atoms with Crippen molar-refractivity contribution in [2.75, 3.05) is 6.61 Å². The zero-order valence-corrected chi connectivity index (χ0v) is 11.0. The first-order valence-electron chi connectivity index (χ1n) is 6.08. The van der Waals surface area contributed by atoms with Crippen LogP contribution in [0.5, 0.6) is 0 Å². The summed E-state index contributed by atoms with van der Waals surface area (Å²) in [5.74, 6) is -0.357. The molecule has 0 spiro atoms. The minimum atomic E-state index is -0.253. The zero-order valence-electron chi connectivity index (χ0n) is 11.0. The quantitative estimate of drug-likeness (QED) is 0.811. The number of hydrogen-bond donors (Lipinski definition) is 1. The van der Waals surface area contributed by atoms with Crippen LogP contribution in [0.3, 0.4) is 0 Å². The summed E-state index contributed by atoms with van der Waals surface area (Å²) in [6, 6.07) is 7.08. The van der Waals surface area contributed by atoms with Gasteiger partial charge in [-0.15, -0.1) is 0 Å². The van der Waals surface area contributed by atoms with Crippen LogP contribution in [0.1, 0.15) is 36.7 Å². The minimum absolute atomic E-state index is 0.104. The molecule has 1 rings (SSSR count). The SMILES string of the molecule is CCOC(=O)Cc1ccc(C(=O)NC(C)C)cc1. The second kappa shape index (κ2) is 6.79. The molecule has 0 aliphatic heterocycles. The maximum atomic E-state index is 11.7. The molecule has 0 atom stereocenters. The van der Waals surface area contributed by atoms with Gasteiger partial charge in [0.1, 0.15) is 0 Å². The van der Waals surface area contributed by atoms with E-state index in [0.717, 1.165) is 5.56 Å². The number of carbonyl (C=O) groups is 2. The Morgan fingerprint density at radius 3 is 2.33 bits per heavy atom. The molecule has 0 saturated heterocycles. The van der Waals surface area contributed by atoms with Gasteiger partial charge >= 0.3 is 5.97 Å². The van der Waals surface area contributed by atoms with Crippen LogP contribution >= 0.6 is 0 Å². The summed E-state index contributed by atoms with van der Waals surface area (Å²) in [6.07, 6.45) is 0.236. The molecule has 0 aromatic heterocycles. The third kappa shape index (κ3) is 4.57. The van der Waals surface area contributed by atoms with Gasteiger partial charge in [-0.05, 0) is 38.5 Å². The summed E-state index contributed by atoms with van der Waals surface area (Å²) < 4.78 is 4.86. The fourth-order valence-electron chi connectivity index (χ4n) is 1.50. The van der Waals surface area contributed by atoms with Crippen molar-refractivity contribution in [3.05, 3.63) is 35.4 Å². The molecule has 0 aliphatic rings. The van der Waals surface area contributed by atoms with E-state index < -0.39 is 0 Å². The largest absolute Gasteiger partial charge is 0.466 e. The molecule has 1 aromatic carbocycles. The Kier molecular flexibility index (Phi) is 5.36. The Morgan fingerprint density at radius 2 is 1.83 bits per heavy atom. The van der Waals surface area contributed by atoms with Crippen molar-refractivity contribution in [1.29, 1.82) is 0 Å². The first-order chi connectivity index (χ1) is 8.52. The molecule has 0 fully saturated rings. The molecule has 0 aliphatic carbocycles. The van der Waals surface area contributed by atoms with Crippen molar-refractivity contribution in [2.45, 2.75) is 33.2 Å². The number of carbonyl (C=O) groups excluding carboxylic acids is 2. The van der Waals surface area contributed by atoms with Gasteiger partial charge in [0.25, 0.3) is 5.91 Å². The summed E-state index contributed by atoms with van der Waals surface area (Å²) in [7, 11) is 0. The normalized spacial score (nSPS) is 10.2. The van der Waals surface area contributed by atoms with Crippen LogP contribution in [-0.4, -0.2) is 24.5 Å². The lowest BCUT2D eigenvalue weighted by molar-refractivity contribution is -0.142. The van der Waals surface area contributed by atoms with Gasteiger partial charge in [-0.1, -0.05) is 12.1 Å². The highest BCUT2D eigenvalue weighted by atomic mass is 16.5. The van der Waals surface area contributed by atoms with Crippen LogP contribution in [0.15, 0.2) is 24.3 Å². The number of ether oxygens (including phenoxy) is 1. The molecule has 0 heterocycles. The van der Waals surface area contributed by atoms with E-state index in [2.05, 4.69) is 5.32 Å². The minimum Gasteiger partial charge on any atom is -0.466 e. The lowest BCUT2D eigenvalue weighted by Crippen LogP contribution is -2.30. The molecule has 18 heavy (non-hydrogen) atoms. The van der Waals surface area contributed by atoms with E-state index in [4.69, 9.17) is 4.74 Å². The van der Waals surface area contributed by atoms with Crippen molar-refractivity contribution >= 4 is 11.9 Å². The van der Waals surface area contributed by atoms with Crippen molar-refractivity contribution in [2.24, 2.45) is 0 Å². The topological polar surface area (TPSA) is 55.4 Å². The molecule has 4 heteroatoms. The van der Waals surface area contributed by atoms with E-state index in [9.17, 15) is 9.59 Å². The van der Waals surface area contributed by atoms with E-state index in [1.165, 1.54) is 0 Å². The summed E-state index contributed by atoms with van der Waals surface area (Å²) in [5, 5.41) is 2.81. The van der Waals surface area contributed by atoms with Crippen LogP contribution < -0.4 is 5.32 Å². The predicted molar refractivity (Wildman–Crippen MR) is 69.4 cm³/mol. The van der Waals surface area contributed by atoms with Crippen LogP contribution in [0.4, 0.5) is 0 Å². The van der Waals surface area contributed by atoms with E-state index in [1.54, 1.807) is 31.2 Å². The average Bonchev–Trinajstić information content (AvgIpc) is 2.29. The monoisotopic (exact) mass is 249 g/mol. The van der Waals surface area contributed by atoms with E-state index in [1.807, 2.05) is 13.8 Å². The van der Waals surface area contributed by atoms with Gasteiger partial charge in [0.2, 0.25) is 0 Å². The third-order valence-electron chi connectivity index (χ3n) is 2.29. The molecule has 1 aromatic rings. The molecule has 98 valence electrons. The van der Waals surface area contributed by atoms with Crippen LogP contribution in [0.25, 0.3) is 0 Å². The van der Waals surface area contributed by atoms with E-state index in [-0.39, 0.29) is 24.3 Å². The van der Waals surface area contributed by atoms with Gasteiger partial charge in [0.05, 0.1) is 13.0 Å². The van der Waals surface area contributed by atoms with E-state index in [0.29, 0.717) is 12.2 Å². The Labute approximate surface area is 107 Å². The first kappa shape index (κ1) is 14.2. The Hall–Kier alpha value is -1.84. The molecule has 4 nitrogen and oxygen atoms in total. The van der Waals surface area contributed by atoms with E-state index >= 15 is 0 Å². The third-order valence-corrected chi connectivity index (χ3v) is 2.29. The Bertz CT molecular complexity index is 410. The number of amides is 1. The molecule has 1 amide bonds. The highest BCUT2D eigenvalue weighted by Gasteiger charge is 2.08. The molecular weight excluding hydrogens is 230 g/mol. The molecular formula is C14H19NO3. The standard InChI is InChI=1S/C14H19NO3/c1-4-18-13(16)9-11-5-7-12(8-6-11)14(17)15-10(2)3/h5-8,10H,4,9H2,1-3H3,(H,15,17). The summed E-state index contributed by atoms with van der Waals surface area (Å²) in [4.78, 5) is 23.0. The maximum Gasteiger partial charge on any atom is 0.310 e. The number of hydrogen-bond acceptors (Lipinski definition) is 3.